The maximum absolute atomic E-state index is 12.5. The van der Waals surface area contributed by atoms with Gasteiger partial charge in [-0.2, -0.15) is 4.89 Å². The quantitative estimate of drug-likeness (QED) is 0.773. The van der Waals surface area contributed by atoms with Gasteiger partial charge in [-0.05, 0) is 37.3 Å². The number of benzene rings is 2. The number of carbonyl (C=O) groups excluding carboxylic acids is 1. The largest absolute Gasteiger partial charge is 0.379 e. The lowest BCUT2D eigenvalue weighted by Crippen LogP contribution is -2.28. The van der Waals surface area contributed by atoms with Gasteiger partial charge in [0.25, 0.3) is 5.91 Å². The van der Waals surface area contributed by atoms with Crippen molar-refractivity contribution in [1.29, 1.82) is 0 Å². The van der Waals surface area contributed by atoms with Crippen LogP contribution in [0.2, 0.25) is 10.0 Å². The number of carbonyl (C=O) groups is 1. The van der Waals surface area contributed by atoms with Crippen LogP contribution < -0.4 is 10.2 Å². The van der Waals surface area contributed by atoms with E-state index in [2.05, 4.69) is 5.32 Å². The van der Waals surface area contributed by atoms with Crippen molar-refractivity contribution in [2.45, 2.75) is 19.4 Å². The summed E-state index contributed by atoms with van der Waals surface area (Å²) in [6, 6.07) is 10.2. The van der Waals surface area contributed by atoms with Gasteiger partial charge in [0.05, 0.1) is 22.3 Å². The number of para-hydroxylation sites is 1. The molecule has 3 rings (SSSR count). The average Bonchev–Trinajstić information content (AvgIpc) is 2.62. The van der Waals surface area contributed by atoms with Gasteiger partial charge in [-0.1, -0.05) is 29.3 Å². The van der Waals surface area contributed by atoms with Gasteiger partial charge in [0.1, 0.15) is 6.10 Å². The van der Waals surface area contributed by atoms with Crippen LogP contribution in [0.4, 0.5) is 5.69 Å². The standard InChI is InChI=1S/C18H17Cl2NO4/c1-2-23-10-13-9-12-8-11(6-7-16(12)25-24-13)18(22)21-17-14(19)4-3-5-15(17)20/h3-8,13H,2,9-10H2,1H3,(H,21,22). The van der Waals surface area contributed by atoms with E-state index in [9.17, 15) is 4.79 Å². The molecule has 0 aromatic heterocycles. The van der Waals surface area contributed by atoms with E-state index in [0.717, 1.165) is 5.56 Å². The van der Waals surface area contributed by atoms with Crippen molar-refractivity contribution in [2.75, 3.05) is 18.5 Å². The summed E-state index contributed by atoms with van der Waals surface area (Å²) in [5, 5.41) is 3.51. The third-order valence-corrected chi connectivity index (χ3v) is 4.38. The maximum Gasteiger partial charge on any atom is 0.255 e. The van der Waals surface area contributed by atoms with Crippen molar-refractivity contribution in [2.24, 2.45) is 0 Å². The predicted octanol–water partition coefficient (Wildman–Crippen LogP) is 4.52. The number of rotatable bonds is 5. The number of hydrogen-bond donors (Lipinski definition) is 1. The molecule has 1 aliphatic heterocycles. The first kappa shape index (κ1) is 18.0. The van der Waals surface area contributed by atoms with Crippen LogP contribution in [-0.4, -0.2) is 25.2 Å². The van der Waals surface area contributed by atoms with E-state index < -0.39 is 0 Å². The second-order valence-corrected chi connectivity index (χ2v) is 6.35. The first-order chi connectivity index (χ1) is 12.1. The van der Waals surface area contributed by atoms with Crippen LogP contribution in [0.3, 0.4) is 0 Å². The average molecular weight is 382 g/mol. The summed E-state index contributed by atoms with van der Waals surface area (Å²) in [5.41, 5.74) is 1.76. The molecule has 25 heavy (non-hydrogen) atoms. The number of halogens is 2. The molecule has 1 unspecified atom stereocenters. The molecule has 5 nitrogen and oxygen atoms in total. The minimum absolute atomic E-state index is 0.205. The fourth-order valence-corrected chi connectivity index (χ4v) is 2.99. The molecule has 1 N–H and O–H groups in total. The summed E-state index contributed by atoms with van der Waals surface area (Å²) in [4.78, 5) is 23.1. The first-order valence-electron chi connectivity index (χ1n) is 7.88. The summed E-state index contributed by atoms with van der Waals surface area (Å²) in [6.07, 6.45) is 0.396. The molecular formula is C18H17Cl2NO4. The van der Waals surface area contributed by atoms with Gasteiger partial charge < -0.3 is 14.9 Å². The highest BCUT2D eigenvalue weighted by molar-refractivity contribution is 6.40. The zero-order chi connectivity index (χ0) is 17.8. The SMILES string of the molecule is CCOCC1Cc2cc(C(=O)Nc3c(Cl)cccc3Cl)ccc2OO1. The lowest BCUT2D eigenvalue weighted by Gasteiger charge is -2.24. The van der Waals surface area contributed by atoms with Crippen molar-refractivity contribution < 1.29 is 19.3 Å². The number of anilines is 1. The molecule has 1 amide bonds. The molecule has 0 aliphatic carbocycles. The zero-order valence-corrected chi connectivity index (χ0v) is 15.1. The number of fused-ring (bicyclic) bond motifs is 1. The number of ether oxygens (including phenoxy) is 1. The molecule has 132 valence electrons. The third kappa shape index (κ3) is 4.25. The molecule has 1 heterocycles. The first-order valence-corrected chi connectivity index (χ1v) is 8.63. The normalized spacial score (nSPS) is 16.0. The fourth-order valence-electron chi connectivity index (χ4n) is 2.50. The van der Waals surface area contributed by atoms with Gasteiger partial charge in [0.15, 0.2) is 5.75 Å². The minimum Gasteiger partial charge on any atom is -0.379 e. The molecule has 7 heteroatoms. The van der Waals surface area contributed by atoms with Crippen LogP contribution >= 0.6 is 23.2 Å². The van der Waals surface area contributed by atoms with E-state index in [1.54, 1.807) is 36.4 Å². The van der Waals surface area contributed by atoms with E-state index in [4.69, 9.17) is 37.7 Å². The monoisotopic (exact) mass is 381 g/mol. The molecule has 2 aromatic rings. The van der Waals surface area contributed by atoms with E-state index in [-0.39, 0.29) is 12.0 Å². The van der Waals surface area contributed by atoms with Crippen LogP contribution in [0.5, 0.6) is 5.75 Å². The molecule has 0 saturated carbocycles. The summed E-state index contributed by atoms with van der Waals surface area (Å²) in [5.74, 6) is 0.297. The Morgan fingerprint density at radius 2 is 2.04 bits per heavy atom. The van der Waals surface area contributed by atoms with Crippen LogP contribution in [0, 0.1) is 0 Å². The number of nitrogens with one attached hydrogen (secondary N) is 1. The van der Waals surface area contributed by atoms with Gasteiger partial charge in [0.2, 0.25) is 0 Å². The van der Waals surface area contributed by atoms with E-state index in [1.807, 2.05) is 6.92 Å². The molecular weight excluding hydrogens is 365 g/mol. The molecule has 1 atom stereocenters. The predicted molar refractivity (Wildman–Crippen MR) is 96.6 cm³/mol. The fraction of sp³-hybridized carbons (Fsp3) is 0.278. The second kappa shape index (κ2) is 8.06. The summed E-state index contributed by atoms with van der Waals surface area (Å²) >= 11 is 12.2. The van der Waals surface area contributed by atoms with Gasteiger partial charge in [0, 0.05) is 24.2 Å². The summed E-state index contributed by atoms with van der Waals surface area (Å²) < 4.78 is 5.36. The Morgan fingerprint density at radius 1 is 1.28 bits per heavy atom. The Balaban J connectivity index is 1.76. The lowest BCUT2D eigenvalue weighted by molar-refractivity contribution is -0.264. The van der Waals surface area contributed by atoms with Crippen LogP contribution in [0.25, 0.3) is 0 Å². The molecule has 0 saturated heterocycles. The summed E-state index contributed by atoms with van der Waals surface area (Å²) in [6.45, 7) is 2.95. The maximum atomic E-state index is 12.5. The van der Waals surface area contributed by atoms with Crippen LogP contribution in [0.1, 0.15) is 22.8 Å². The van der Waals surface area contributed by atoms with Gasteiger partial charge >= 0.3 is 0 Å². The van der Waals surface area contributed by atoms with E-state index >= 15 is 0 Å². The van der Waals surface area contributed by atoms with Crippen molar-refractivity contribution >= 4 is 34.8 Å². The molecule has 0 fully saturated rings. The third-order valence-electron chi connectivity index (χ3n) is 3.75. The van der Waals surface area contributed by atoms with E-state index in [1.165, 1.54) is 0 Å². The summed E-state index contributed by atoms with van der Waals surface area (Å²) in [7, 11) is 0. The molecule has 2 aromatic carbocycles. The molecule has 0 bridgehead atoms. The Morgan fingerprint density at radius 3 is 2.76 bits per heavy atom. The Hall–Kier alpha value is -1.79. The van der Waals surface area contributed by atoms with Crippen LogP contribution in [0.15, 0.2) is 36.4 Å². The Labute approximate surface area is 155 Å². The van der Waals surface area contributed by atoms with Crippen molar-refractivity contribution in [3.8, 4) is 5.75 Å². The molecule has 0 radical (unpaired) electrons. The highest BCUT2D eigenvalue weighted by Crippen LogP contribution is 2.31. The smallest absolute Gasteiger partial charge is 0.255 e. The Kier molecular flexibility index (Phi) is 5.81. The van der Waals surface area contributed by atoms with Crippen molar-refractivity contribution in [1.82, 2.24) is 0 Å². The van der Waals surface area contributed by atoms with Gasteiger partial charge in [-0.15, -0.1) is 0 Å². The van der Waals surface area contributed by atoms with E-state index in [0.29, 0.717) is 46.7 Å². The van der Waals surface area contributed by atoms with Crippen LogP contribution in [-0.2, 0) is 16.0 Å². The highest BCUT2D eigenvalue weighted by atomic mass is 35.5. The second-order valence-electron chi connectivity index (χ2n) is 5.54. The molecule has 0 spiro atoms. The van der Waals surface area contributed by atoms with Gasteiger partial charge in [-0.3, -0.25) is 4.79 Å². The highest BCUT2D eigenvalue weighted by Gasteiger charge is 2.23. The molecule has 1 aliphatic rings. The van der Waals surface area contributed by atoms with Crippen molar-refractivity contribution in [3.63, 3.8) is 0 Å². The lowest BCUT2D eigenvalue weighted by atomic mass is 10.0. The van der Waals surface area contributed by atoms with Crippen molar-refractivity contribution in [3.05, 3.63) is 57.6 Å². The minimum atomic E-state index is -0.300. The van der Waals surface area contributed by atoms with Gasteiger partial charge in [-0.25, -0.2) is 0 Å². The zero-order valence-electron chi connectivity index (χ0n) is 13.6. The number of amides is 1. The number of hydrogen-bond acceptors (Lipinski definition) is 4. The topological polar surface area (TPSA) is 56.8 Å². The Bertz CT molecular complexity index is 761.